The zero-order chi connectivity index (χ0) is 10.2. The maximum absolute atomic E-state index is 10.9. The molecule has 0 fully saturated rings. The van der Waals surface area contributed by atoms with Crippen LogP contribution in [0.3, 0.4) is 0 Å². The zero-order valence-electron chi connectivity index (χ0n) is 7.47. The minimum atomic E-state index is -3.98. The number of allylic oxidation sites excluding steroid dienone is 2. The Morgan fingerprint density at radius 2 is 1.71 bits per heavy atom. The molecular weight excluding hydrogens is 200 g/mol. The van der Waals surface area contributed by atoms with Crippen LogP contribution in [0.15, 0.2) is 35.2 Å². The van der Waals surface area contributed by atoms with Gasteiger partial charge in [0.25, 0.3) is 10.1 Å². The van der Waals surface area contributed by atoms with Gasteiger partial charge in [0.15, 0.2) is 0 Å². The van der Waals surface area contributed by atoms with E-state index in [0.717, 1.165) is 17.6 Å². The van der Waals surface area contributed by atoms with Crippen LogP contribution in [0.2, 0.25) is 0 Å². The molecule has 0 unspecified atom stereocenters. The van der Waals surface area contributed by atoms with Crippen LogP contribution in [0.25, 0.3) is 5.57 Å². The molecule has 0 saturated heterocycles. The van der Waals surface area contributed by atoms with Crippen LogP contribution in [0.1, 0.15) is 18.4 Å². The average molecular weight is 210 g/mol. The summed E-state index contributed by atoms with van der Waals surface area (Å²) in [6, 6.07) is 9.26. The SMILES string of the molecule is O=S(=O)(O)C1=C(c2ccccc2)CC1. The van der Waals surface area contributed by atoms with E-state index in [1.807, 2.05) is 30.3 Å². The molecule has 74 valence electrons. The minimum Gasteiger partial charge on any atom is -0.282 e. The second-order valence-electron chi connectivity index (χ2n) is 3.24. The monoisotopic (exact) mass is 210 g/mol. The Balaban J connectivity index is 2.48. The summed E-state index contributed by atoms with van der Waals surface area (Å²) in [7, 11) is -3.98. The second-order valence-corrected chi connectivity index (χ2v) is 4.69. The minimum absolute atomic E-state index is 0.170. The Labute approximate surface area is 82.8 Å². The Hall–Kier alpha value is -1.13. The molecule has 0 heterocycles. The summed E-state index contributed by atoms with van der Waals surface area (Å²) in [4.78, 5) is 0.170. The summed E-state index contributed by atoms with van der Waals surface area (Å²) >= 11 is 0. The van der Waals surface area contributed by atoms with Crippen LogP contribution in [-0.2, 0) is 10.1 Å². The van der Waals surface area contributed by atoms with Gasteiger partial charge in [-0.3, -0.25) is 4.55 Å². The normalized spacial score (nSPS) is 16.6. The van der Waals surface area contributed by atoms with Crippen molar-refractivity contribution in [3.63, 3.8) is 0 Å². The number of rotatable bonds is 2. The highest BCUT2D eigenvalue weighted by Crippen LogP contribution is 2.38. The molecule has 0 aromatic heterocycles. The molecule has 4 heteroatoms. The summed E-state index contributed by atoms with van der Waals surface area (Å²) < 4.78 is 30.7. The Kier molecular flexibility index (Phi) is 2.17. The lowest BCUT2D eigenvalue weighted by molar-refractivity contribution is 0.487. The average Bonchev–Trinajstić information content (AvgIpc) is 2.00. The van der Waals surface area contributed by atoms with Gasteiger partial charge < -0.3 is 0 Å². The molecule has 0 bridgehead atoms. The third-order valence-corrected chi connectivity index (χ3v) is 3.45. The third-order valence-electron chi connectivity index (χ3n) is 2.37. The topological polar surface area (TPSA) is 54.4 Å². The van der Waals surface area contributed by atoms with Crippen molar-refractivity contribution in [2.24, 2.45) is 0 Å². The van der Waals surface area contributed by atoms with E-state index in [4.69, 9.17) is 4.55 Å². The van der Waals surface area contributed by atoms with Gasteiger partial charge in [-0.15, -0.1) is 0 Å². The maximum atomic E-state index is 10.9. The first-order valence-electron chi connectivity index (χ1n) is 4.34. The largest absolute Gasteiger partial charge is 0.290 e. The smallest absolute Gasteiger partial charge is 0.282 e. The maximum Gasteiger partial charge on any atom is 0.290 e. The lowest BCUT2D eigenvalue weighted by Crippen LogP contribution is -2.12. The highest BCUT2D eigenvalue weighted by molar-refractivity contribution is 7.90. The van der Waals surface area contributed by atoms with E-state index in [1.165, 1.54) is 0 Å². The third kappa shape index (κ3) is 1.58. The first kappa shape index (κ1) is 9.43. The van der Waals surface area contributed by atoms with Crippen LogP contribution >= 0.6 is 0 Å². The molecule has 1 aliphatic carbocycles. The fourth-order valence-corrected chi connectivity index (χ4v) is 2.47. The van der Waals surface area contributed by atoms with Crippen LogP contribution in [0.4, 0.5) is 0 Å². The lowest BCUT2D eigenvalue weighted by Gasteiger charge is -2.21. The van der Waals surface area contributed by atoms with E-state index >= 15 is 0 Å². The van der Waals surface area contributed by atoms with Crippen molar-refractivity contribution in [3.05, 3.63) is 40.8 Å². The van der Waals surface area contributed by atoms with Gasteiger partial charge in [0, 0.05) is 0 Å². The van der Waals surface area contributed by atoms with Gasteiger partial charge in [0.2, 0.25) is 0 Å². The fraction of sp³-hybridized carbons (Fsp3) is 0.200. The van der Waals surface area contributed by atoms with Gasteiger partial charge in [0.05, 0.1) is 4.91 Å². The summed E-state index contributed by atoms with van der Waals surface area (Å²) in [5, 5.41) is 0. The molecule has 0 spiro atoms. The van der Waals surface area contributed by atoms with Crippen LogP contribution < -0.4 is 0 Å². The predicted octanol–water partition coefficient (Wildman–Crippen LogP) is 2.08. The molecule has 14 heavy (non-hydrogen) atoms. The second kappa shape index (κ2) is 3.22. The van der Waals surface area contributed by atoms with Crippen molar-refractivity contribution in [1.82, 2.24) is 0 Å². The quantitative estimate of drug-likeness (QED) is 0.760. The van der Waals surface area contributed by atoms with Crippen molar-refractivity contribution in [2.75, 3.05) is 0 Å². The number of benzene rings is 1. The molecule has 1 aliphatic rings. The first-order valence-corrected chi connectivity index (χ1v) is 5.78. The Morgan fingerprint density at radius 3 is 2.14 bits per heavy atom. The molecule has 2 rings (SSSR count). The van der Waals surface area contributed by atoms with Crippen molar-refractivity contribution in [2.45, 2.75) is 12.8 Å². The van der Waals surface area contributed by atoms with E-state index in [9.17, 15) is 8.42 Å². The standard InChI is InChI=1S/C10H10O3S/c11-14(12,13)10-7-6-9(10)8-4-2-1-3-5-8/h1-5H,6-7H2,(H,11,12,13). The summed E-state index contributed by atoms with van der Waals surface area (Å²) in [5.41, 5.74) is 1.62. The van der Waals surface area contributed by atoms with E-state index in [-0.39, 0.29) is 4.91 Å². The van der Waals surface area contributed by atoms with E-state index < -0.39 is 10.1 Å². The molecule has 3 nitrogen and oxygen atoms in total. The van der Waals surface area contributed by atoms with Gasteiger partial charge in [-0.25, -0.2) is 0 Å². The molecule has 0 radical (unpaired) electrons. The molecule has 1 N–H and O–H groups in total. The first-order chi connectivity index (χ1) is 6.59. The molecule has 0 amide bonds. The van der Waals surface area contributed by atoms with Crippen LogP contribution in [0.5, 0.6) is 0 Å². The molecular formula is C10H10O3S. The van der Waals surface area contributed by atoms with E-state index in [2.05, 4.69) is 0 Å². The molecule has 0 aliphatic heterocycles. The lowest BCUT2D eigenvalue weighted by atomic mass is 9.92. The Bertz CT molecular complexity index is 471. The van der Waals surface area contributed by atoms with Gasteiger partial charge >= 0.3 is 0 Å². The molecule has 1 aromatic carbocycles. The van der Waals surface area contributed by atoms with Gasteiger partial charge in [-0.1, -0.05) is 30.3 Å². The number of hydrogen-bond donors (Lipinski definition) is 1. The number of hydrogen-bond acceptors (Lipinski definition) is 2. The van der Waals surface area contributed by atoms with Gasteiger partial charge in [-0.2, -0.15) is 8.42 Å². The van der Waals surface area contributed by atoms with Gasteiger partial charge in [-0.05, 0) is 24.0 Å². The zero-order valence-corrected chi connectivity index (χ0v) is 8.29. The van der Waals surface area contributed by atoms with E-state index in [1.54, 1.807) is 0 Å². The van der Waals surface area contributed by atoms with Crippen molar-refractivity contribution in [1.29, 1.82) is 0 Å². The highest BCUT2D eigenvalue weighted by Gasteiger charge is 2.27. The summed E-state index contributed by atoms with van der Waals surface area (Å²) in [6.07, 6.45) is 1.17. The van der Waals surface area contributed by atoms with Crippen LogP contribution in [0, 0.1) is 0 Å². The molecule has 0 atom stereocenters. The summed E-state index contributed by atoms with van der Waals surface area (Å²) in [5.74, 6) is 0. The van der Waals surface area contributed by atoms with E-state index in [0.29, 0.717) is 6.42 Å². The summed E-state index contributed by atoms with van der Waals surface area (Å²) in [6.45, 7) is 0. The van der Waals surface area contributed by atoms with Crippen molar-refractivity contribution >= 4 is 15.7 Å². The van der Waals surface area contributed by atoms with Gasteiger partial charge in [0.1, 0.15) is 0 Å². The molecule has 1 aromatic rings. The Morgan fingerprint density at radius 1 is 1.07 bits per heavy atom. The molecule has 0 saturated carbocycles. The van der Waals surface area contributed by atoms with Crippen molar-refractivity contribution in [3.8, 4) is 0 Å². The fourth-order valence-electron chi connectivity index (χ4n) is 1.58. The van der Waals surface area contributed by atoms with Crippen LogP contribution in [-0.4, -0.2) is 13.0 Å². The highest BCUT2D eigenvalue weighted by atomic mass is 32.2. The van der Waals surface area contributed by atoms with Crippen molar-refractivity contribution < 1.29 is 13.0 Å². The predicted molar refractivity (Wildman–Crippen MR) is 54.1 cm³/mol.